The summed E-state index contributed by atoms with van der Waals surface area (Å²) in [4.78, 5) is 20.7. The summed E-state index contributed by atoms with van der Waals surface area (Å²) in [6.07, 6.45) is 1.84. The molecule has 0 unspecified atom stereocenters. The third-order valence-corrected chi connectivity index (χ3v) is 1.12. The molecule has 0 atom stereocenters. The molecule has 69 valence electrons. The van der Waals surface area contributed by atoms with E-state index in [1.807, 2.05) is 0 Å². The summed E-state index contributed by atoms with van der Waals surface area (Å²) in [6, 6.07) is 0. The maximum absolute atomic E-state index is 10.7. The van der Waals surface area contributed by atoms with Gasteiger partial charge < -0.3 is 4.74 Å². The van der Waals surface area contributed by atoms with Gasteiger partial charge in [0.25, 0.3) is 0 Å². The molecule has 5 heteroatoms. The molecule has 0 bridgehead atoms. The third-order valence-electron chi connectivity index (χ3n) is 1.12. The summed E-state index contributed by atoms with van der Waals surface area (Å²) < 4.78 is 4.66. The second-order valence-corrected chi connectivity index (χ2v) is 2.11. The van der Waals surface area contributed by atoms with E-state index in [0.717, 1.165) is 5.01 Å². The van der Waals surface area contributed by atoms with Crippen LogP contribution in [0.1, 0.15) is 13.3 Å². The Labute approximate surface area is 71.6 Å². The van der Waals surface area contributed by atoms with E-state index in [2.05, 4.69) is 10.2 Å². The van der Waals surface area contributed by atoms with Crippen molar-refractivity contribution < 1.29 is 14.3 Å². The predicted molar refractivity (Wildman–Crippen MR) is 42.7 cm³/mol. The van der Waals surface area contributed by atoms with Gasteiger partial charge in [-0.25, -0.2) is 5.43 Å². The number of hydrogen-bond acceptors (Lipinski definition) is 4. The maximum Gasteiger partial charge on any atom is 0.327 e. The number of hydrazine groups is 1. The number of hydrogen-bond donors (Lipinski definition) is 1. The van der Waals surface area contributed by atoms with Gasteiger partial charge in [0.1, 0.15) is 0 Å². The SMILES string of the molecule is CCOC(=O)CCNN(C)[C]=O. The van der Waals surface area contributed by atoms with Crippen LogP contribution in [-0.4, -0.2) is 37.6 Å². The fourth-order valence-corrected chi connectivity index (χ4v) is 0.591. The Morgan fingerprint density at radius 3 is 2.83 bits per heavy atom. The van der Waals surface area contributed by atoms with Crippen molar-refractivity contribution in [1.82, 2.24) is 10.4 Å². The van der Waals surface area contributed by atoms with Gasteiger partial charge in [-0.05, 0) is 6.92 Å². The number of rotatable bonds is 6. The molecule has 0 aromatic heterocycles. The molecule has 12 heavy (non-hydrogen) atoms. The highest BCUT2D eigenvalue weighted by Crippen LogP contribution is 1.83. The minimum Gasteiger partial charge on any atom is -0.466 e. The van der Waals surface area contributed by atoms with E-state index in [1.165, 1.54) is 7.05 Å². The van der Waals surface area contributed by atoms with Gasteiger partial charge in [-0.15, -0.1) is 0 Å². The van der Waals surface area contributed by atoms with Gasteiger partial charge >= 0.3 is 12.4 Å². The van der Waals surface area contributed by atoms with Crippen molar-refractivity contribution >= 4 is 12.4 Å². The lowest BCUT2D eigenvalue weighted by Gasteiger charge is -2.10. The second kappa shape index (κ2) is 6.60. The van der Waals surface area contributed by atoms with Crippen molar-refractivity contribution in [3.8, 4) is 0 Å². The molecule has 1 N–H and O–H groups in total. The van der Waals surface area contributed by atoms with E-state index in [-0.39, 0.29) is 12.4 Å². The summed E-state index contributed by atoms with van der Waals surface area (Å²) in [6.45, 7) is 2.51. The van der Waals surface area contributed by atoms with Gasteiger partial charge in [-0.3, -0.25) is 14.6 Å². The van der Waals surface area contributed by atoms with Crippen molar-refractivity contribution in [1.29, 1.82) is 0 Å². The molecule has 0 aliphatic carbocycles. The first-order valence-corrected chi connectivity index (χ1v) is 3.71. The van der Waals surface area contributed by atoms with Gasteiger partial charge in [0.2, 0.25) is 0 Å². The number of carbonyl (C=O) groups excluding carboxylic acids is 2. The van der Waals surface area contributed by atoms with Crippen molar-refractivity contribution in [2.24, 2.45) is 0 Å². The zero-order valence-corrected chi connectivity index (χ0v) is 7.29. The highest BCUT2D eigenvalue weighted by molar-refractivity contribution is 5.69. The average molecular weight is 173 g/mol. The molecule has 0 saturated heterocycles. The van der Waals surface area contributed by atoms with Crippen molar-refractivity contribution in [3.63, 3.8) is 0 Å². The molecule has 0 saturated carbocycles. The molecular formula is C7H13N2O3. The van der Waals surface area contributed by atoms with Gasteiger partial charge in [-0.2, -0.15) is 0 Å². The van der Waals surface area contributed by atoms with Crippen LogP contribution in [0.15, 0.2) is 0 Å². The van der Waals surface area contributed by atoms with Crippen LogP contribution in [-0.2, 0) is 14.3 Å². The summed E-state index contributed by atoms with van der Waals surface area (Å²) in [5.74, 6) is -0.274. The van der Waals surface area contributed by atoms with E-state index in [9.17, 15) is 9.59 Å². The van der Waals surface area contributed by atoms with Crippen molar-refractivity contribution in [2.45, 2.75) is 13.3 Å². The first-order chi connectivity index (χ1) is 5.70. The van der Waals surface area contributed by atoms with Crippen LogP contribution >= 0.6 is 0 Å². The van der Waals surface area contributed by atoms with Gasteiger partial charge in [0.05, 0.1) is 13.0 Å². The van der Waals surface area contributed by atoms with Crippen molar-refractivity contribution in [2.75, 3.05) is 20.2 Å². The summed E-state index contributed by atoms with van der Waals surface area (Å²) >= 11 is 0. The average Bonchev–Trinajstić information content (AvgIpc) is 2.04. The monoisotopic (exact) mass is 173 g/mol. The molecule has 0 aromatic rings. The molecule has 0 aliphatic heterocycles. The Morgan fingerprint density at radius 1 is 1.67 bits per heavy atom. The molecule has 0 aromatic carbocycles. The molecule has 1 radical (unpaired) electrons. The van der Waals surface area contributed by atoms with E-state index in [0.29, 0.717) is 13.2 Å². The van der Waals surface area contributed by atoms with Crippen LogP contribution in [0.25, 0.3) is 0 Å². The Hall–Kier alpha value is -1.10. The minimum atomic E-state index is -0.274. The zero-order valence-electron chi connectivity index (χ0n) is 7.29. The second-order valence-electron chi connectivity index (χ2n) is 2.11. The Kier molecular flexibility index (Phi) is 6.00. The lowest BCUT2D eigenvalue weighted by Crippen LogP contribution is -2.34. The van der Waals surface area contributed by atoms with E-state index < -0.39 is 0 Å². The van der Waals surface area contributed by atoms with Gasteiger partial charge in [0.15, 0.2) is 0 Å². The Bertz CT molecular complexity index is 150. The number of amides is 1. The summed E-state index contributed by atoms with van der Waals surface area (Å²) in [5.41, 5.74) is 2.63. The summed E-state index contributed by atoms with van der Waals surface area (Å²) in [7, 11) is 1.51. The van der Waals surface area contributed by atoms with E-state index in [1.54, 1.807) is 13.3 Å². The van der Waals surface area contributed by atoms with Crippen LogP contribution in [0.3, 0.4) is 0 Å². The lowest BCUT2D eigenvalue weighted by molar-refractivity contribution is -0.143. The number of esters is 1. The smallest absolute Gasteiger partial charge is 0.327 e. The van der Waals surface area contributed by atoms with Crippen LogP contribution in [0.2, 0.25) is 0 Å². The largest absolute Gasteiger partial charge is 0.466 e. The van der Waals surface area contributed by atoms with Gasteiger partial charge in [-0.1, -0.05) is 0 Å². The van der Waals surface area contributed by atoms with Crippen LogP contribution in [0, 0.1) is 0 Å². The van der Waals surface area contributed by atoms with E-state index in [4.69, 9.17) is 0 Å². The lowest BCUT2D eigenvalue weighted by atomic mass is 10.4. The van der Waals surface area contributed by atoms with Crippen LogP contribution in [0.5, 0.6) is 0 Å². The molecule has 0 aliphatic rings. The molecule has 5 nitrogen and oxygen atoms in total. The molecular weight excluding hydrogens is 160 g/mol. The molecule has 1 amide bonds. The molecule has 0 fully saturated rings. The number of ether oxygens (including phenoxy) is 1. The number of nitrogens with one attached hydrogen (secondary N) is 1. The van der Waals surface area contributed by atoms with E-state index >= 15 is 0 Å². The maximum atomic E-state index is 10.7. The highest BCUT2D eigenvalue weighted by atomic mass is 16.5. The van der Waals surface area contributed by atoms with Gasteiger partial charge in [0, 0.05) is 13.6 Å². The Balaban J connectivity index is 3.30. The van der Waals surface area contributed by atoms with Crippen molar-refractivity contribution in [3.05, 3.63) is 0 Å². The highest BCUT2D eigenvalue weighted by Gasteiger charge is 2.01. The quantitative estimate of drug-likeness (QED) is 0.332. The molecule has 0 heterocycles. The van der Waals surface area contributed by atoms with Crippen LogP contribution < -0.4 is 5.43 Å². The normalized spacial score (nSPS) is 9.17. The first kappa shape index (κ1) is 10.9. The third kappa shape index (κ3) is 5.67. The topological polar surface area (TPSA) is 58.6 Å². The number of nitrogens with zero attached hydrogens (tertiary/aromatic N) is 1. The fourth-order valence-electron chi connectivity index (χ4n) is 0.591. The predicted octanol–water partition coefficient (Wildman–Crippen LogP) is -0.557. The standard InChI is InChI=1S/C7H13N2O3/c1-3-12-7(11)4-5-8-9(2)6-10/h8H,3-5H2,1-2H3. The number of carbonyl (C=O) groups is 1. The Morgan fingerprint density at radius 2 is 2.33 bits per heavy atom. The zero-order chi connectivity index (χ0) is 9.40. The van der Waals surface area contributed by atoms with Crippen LogP contribution in [0.4, 0.5) is 0 Å². The molecule has 0 spiro atoms. The molecule has 0 rings (SSSR count). The minimum absolute atomic E-state index is 0.250. The fraction of sp³-hybridized carbons (Fsp3) is 0.714. The first-order valence-electron chi connectivity index (χ1n) is 3.71. The summed E-state index contributed by atoms with van der Waals surface area (Å²) in [5, 5.41) is 1.12.